The summed E-state index contributed by atoms with van der Waals surface area (Å²) in [6, 6.07) is 11.1. The molecular weight excluding hydrogens is 320 g/mol. The number of phenols is 1. The molecule has 0 aliphatic heterocycles. The van der Waals surface area contributed by atoms with Crippen LogP contribution in [0.2, 0.25) is 0 Å². The molecule has 0 bridgehead atoms. The number of nitrogens with one attached hydrogen (secondary N) is 1. The molecule has 2 aromatic rings. The maximum atomic E-state index is 11.7. The number of carboxylic acid groups (broad SMARTS) is 1. The first-order valence-electron chi connectivity index (χ1n) is 8.32. The molecule has 0 heterocycles. The fourth-order valence-electron chi connectivity index (χ4n) is 2.52. The lowest BCUT2D eigenvalue weighted by Gasteiger charge is -2.04. The van der Waals surface area contributed by atoms with Crippen molar-refractivity contribution in [3.8, 4) is 5.75 Å². The van der Waals surface area contributed by atoms with Crippen molar-refractivity contribution in [1.29, 1.82) is 0 Å². The van der Waals surface area contributed by atoms with Gasteiger partial charge in [-0.05, 0) is 24.3 Å². The number of unbranched alkanes of at least 4 members (excludes halogenated alkanes) is 3. The van der Waals surface area contributed by atoms with E-state index >= 15 is 0 Å². The van der Waals surface area contributed by atoms with Gasteiger partial charge < -0.3 is 10.2 Å². The number of fused-ring (bicyclic) bond motifs is 1. The van der Waals surface area contributed by atoms with Crippen LogP contribution in [0.3, 0.4) is 0 Å². The third-order valence-electron chi connectivity index (χ3n) is 3.87. The molecule has 0 aliphatic rings. The van der Waals surface area contributed by atoms with Crippen LogP contribution in [0.1, 0.15) is 44.1 Å². The lowest BCUT2D eigenvalue weighted by atomic mass is 10.1. The summed E-state index contributed by atoms with van der Waals surface area (Å²) in [4.78, 5) is 22.1. The number of benzene rings is 2. The van der Waals surface area contributed by atoms with Gasteiger partial charge in [-0.15, -0.1) is 0 Å². The summed E-state index contributed by atoms with van der Waals surface area (Å²) in [6.45, 7) is 0. The predicted molar refractivity (Wildman–Crippen MR) is 96.7 cm³/mol. The maximum absolute atomic E-state index is 11.7. The minimum atomic E-state index is -0.788. The minimum absolute atomic E-state index is 0.134. The first-order chi connectivity index (χ1) is 12.1. The molecule has 0 aromatic heterocycles. The molecule has 6 nitrogen and oxygen atoms in total. The number of phenolic OH excluding ortho intramolecular Hbond substituents is 1. The standard InChI is InChI=1S/C19H22N2O4/c22-17(9-3-1-2-4-10-18(23)24)21-20-13-15-12-11-14-7-5-6-8-16(14)19(15)25/h5-8,11-13,25H,1-4,9-10H2,(H,21,22)(H,23,24)/b20-13+. The molecule has 0 saturated heterocycles. The average Bonchev–Trinajstić information content (AvgIpc) is 2.60. The SMILES string of the molecule is O=C(O)CCCCCCC(=O)N/N=C/c1ccc2ccccc2c1O. The number of carbonyl (C=O) groups is 2. The van der Waals surface area contributed by atoms with E-state index in [-0.39, 0.29) is 18.1 Å². The van der Waals surface area contributed by atoms with Crippen LogP contribution in [-0.4, -0.2) is 28.3 Å². The summed E-state index contributed by atoms with van der Waals surface area (Å²) in [7, 11) is 0. The molecule has 25 heavy (non-hydrogen) atoms. The molecule has 2 rings (SSSR count). The highest BCUT2D eigenvalue weighted by atomic mass is 16.4. The van der Waals surface area contributed by atoms with E-state index in [1.165, 1.54) is 6.21 Å². The van der Waals surface area contributed by atoms with Crippen molar-refractivity contribution in [3.63, 3.8) is 0 Å². The van der Waals surface area contributed by atoms with Crippen molar-refractivity contribution in [2.75, 3.05) is 0 Å². The Morgan fingerprint density at radius 2 is 1.72 bits per heavy atom. The highest BCUT2D eigenvalue weighted by Gasteiger charge is 2.04. The van der Waals surface area contributed by atoms with Gasteiger partial charge in [0.1, 0.15) is 5.75 Å². The van der Waals surface area contributed by atoms with Crippen molar-refractivity contribution in [1.82, 2.24) is 5.43 Å². The van der Waals surface area contributed by atoms with E-state index in [1.807, 2.05) is 30.3 Å². The van der Waals surface area contributed by atoms with Crippen molar-refractivity contribution in [3.05, 3.63) is 42.0 Å². The summed E-state index contributed by atoms with van der Waals surface area (Å²) in [5, 5.41) is 24.3. The zero-order valence-corrected chi connectivity index (χ0v) is 13.9. The highest BCUT2D eigenvalue weighted by Crippen LogP contribution is 2.27. The van der Waals surface area contributed by atoms with Gasteiger partial charge in [0.2, 0.25) is 5.91 Å². The highest BCUT2D eigenvalue weighted by molar-refractivity contribution is 5.97. The number of amides is 1. The monoisotopic (exact) mass is 342 g/mol. The van der Waals surface area contributed by atoms with Gasteiger partial charge in [0, 0.05) is 23.8 Å². The number of carboxylic acids is 1. The average molecular weight is 342 g/mol. The third-order valence-corrected chi connectivity index (χ3v) is 3.87. The molecular formula is C19H22N2O4. The summed E-state index contributed by atoms with van der Waals surface area (Å²) >= 11 is 0. The molecule has 0 radical (unpaired) electrons. The number of nitrogens with zero attached hydrogens (tertiary/aromatic N) is 1. The van der Waals surface area contributed by atoms with E-state index in [0.29, 0.717) is 24.8 Å². The predicted octanol–water partition coefficient (Wildman–Crippen LogP) is 3.42. The molecule has 0 spiro atoms. The van der Waals surface area contributed by atoms with Gasteiger partial charge in [0.25, 0.3) is 0 Å². The van der Waals surface area contributed by atoms with Gasteiger partial charge in [-0.25, -0.2) is 5.43 Å². The van der Waals surface area contributed by atoms with Crippen molar-refractivity contribution in [2.24, 2.45) is 5.10 Å². The summed E-state index contributed by atoms with van der Waals surface area (Å²) in [6.07, 6.45) is 4.88. The second kappa shape index (κ2) is 9.42. The van der Waals surface area contributed by atoms with Crippen molar-refractivity contribution >= 4 is 28.9 Å². The fourth-order valence-corrected chi connectivity index (χ4v) is 2.52. The van der Waals surface area contributed by atoms with Crippen LogP contribution in [-0.2, 0) is 9.59 Å². The van der Waals surface area contributed by atoms with Gasteiger partial charge in [-0.1, -0.05) is 43.2 Å². The summed E-state index contributed by atoms with van der Waals surface area (Å²) in [5.74, 6) is -0.853. The molecule has 132 valence electrons. The van der Waals surface area contributed by atoms with Crippen LogP contribution in [0.5, 0.6) is 5.75 Å². The number of carbonyl (C=O) groups excluding carboxylic acids is 1. The van der Waals surface area contributed by atoms with Crippen LogP contribution >= 0.6 is 0 Å². The minimum Gasteiger partial charge on any atom is -0.507 e. The van der Waals surface area contributed by atoms with E-state index in [2.05, 4.69) is 10.5 Å². The largest absolute Gasteiger partial charge is 0.507 e. The second-order valence-electron chi connectivity index (χ2n) is 5.83. The number of rotatable bonds is 9. The molecule has 0 unspecified atom stereocenters. The number of aromatic hydroxyl groups is 1. The fraction of sp³-hybridized carbons (Fsp3) is 0.316. The Kier molecular flexibility index (Phi) is 6.95. The zero-order chi connectivity index (χ0) is 18.1. The number of hydrogen-bond donors (Lipinski definition) is 3. The van der Waals surface area contributed by atoms with Crippen LogP contribution in [0.4, 0.5) is 0 Å². The normalized spacial score (nSPS) is 11.0. The molecule has 2 aromatic carbocycles. The molecule has 0 atom stereocenters. The first kappa shape index (κ1) is 18.4. The van der Waals surface area contributed by atoms with Crippen molar-refractivity contribution < 1.29 is 19.8 Å². The molecule has 3 N–H and O–H groups in total. The molecule has 6 heteroatoms. The number of hydrogen-bond acceptors (Lipinski definition) is 4. The van der Waals surface area contributed by atoms with Gasteiger partial charge in [0.05, 0.1) is 6.21 Å². The lowest BCUT2D eigenvalue weighted by molar-refractivity contribution is -0.137. The number of aliphatic carboxylic acids is 1. The third kappa shape index (κ3) is 5.91. The Balaban J connectivity index is 1.76. The van der Waals surface area contributed by atoms with Gasteiger partial charge in [0.15, 0.2) is 0 Å². The van der Waals surface area contributed by atoms with Crippen LogP contribution in [0, 0.1) is 0 Å². The van der Waals surface area contributed by atoms with Crippen molar-refractivity contribution in [2.45, 2.75) is 38.5 Å². The second-order valence-corrected chi connectivity index (χ2v) is 5.83. The van der Waals surface area contributed by atoms with Gasteiger partial charge in [-0.3, -0.25) is 9.59 Å². The summed E-state index contributed by atoms with van der Waals surface area (Å²) < 4.78 is 0. The Morgan fingerprint density at radius 1 is 1.00 bits per heavy atom. The van der Waals surface area contributed by atoms with E-state index < -0.39 is 5.97 Å². The Morgan fingerprint density at radius 3 is 2.48 bits per heavy atom. The van der Waals surface area contributed by atoms with Crippen LogP contribution < -0.4 is 5.43 Å². The Hall–Kier alpha value is -2.89. The Labute approximate surface area is 146 Å². The van der Waals surface area contributed by atoms with Crippen LogP contribution in [0.15, 0.2) is 41.5 Å². The number of hydrazone groups is 1. The molecule has 0 fully saturated rings. The molecule has 0 aliphatic carbocycles. The quantitative estimate of drug-likeness (QED) is 0.369. The topological polar surface area (TPSA) is 99.0 Å². The Bertz CT molecular complexity index is 771. The maximum Gasteiger partial charge on any atom is 0.303 e. The van der Waals surface area contributed by atoms with Gasteiger partial charge >= 0.3 is 5.97 Å². The lowest BCUT2D eigenvalue weighted by Crippen LogP contribution is -2.16. The molecule has 0 saturated carbocycles. The van der Waals surface area contributed by atoms with Crippen LogP contribution in [0.25, 0.3) is 10.8 Å². The van der Waals surface area contributed by atoms with E-state index in [9.17, 15) is 14.7 Å². The first-order valence-corrected chi connectivity index (χ1v) is 8.32. The summed E-state index contributed by atoms with van der Waals surface area (Å²) in [5.41, 5.74) is 2.98. The van der Waals surface area contributed by atoms with Gasteiger partial charge in [-0.2, -0.15) is 5.10 Å². The van der Waals surface area contributed by atoms with E-state index in [1.54, 1.807) is 6.07 Å². The molecule has 1 amide bonds. The smallest absolute Gasteiger partial charge is 0.303 e. The van der Waals surface area contributed by atoms with E-state index in [0.717, 1.165) is 23.6 Å². The van der Waals surface area contributed by atoms with E-state index in [4.69, 9.17) is 5.11 Å². The zero-order valence-electron chi connectivity index (χ0n) is 13.9.